The van der Waals surface area contributed by atoms with Crippen molar-refractivity contribution < 1.29 is 0 Å². The molecule has 0 aliphatic rings. The highest BCUT2D eigenvalue weighted by atomic mass is 14.8. The smallest absolute Gasteiger partial charge is 0.202 e. The van der Waals surface area contributed by atoms with Gasteiger partial charge in [0.2, 0.25) is 11.4 Å². The predicted molar refractivity (Wildman–Crippen MR) is 488 cm³/mol. The summed E-state index contributed by atoms with van der Waals surface area (Å²) >= 11 is 0. The summed E-state index contributed by atoms with van der Waals surface area (Å²) in [5, 5.41) is 54.8. The average Bonchev–Trinajstić information content (AvgIpc) is 0.689. The summed E-state index contributed by atoms with van der Waals surface area (Å²) in [5.74, 6) is 0. The van der Waals surface area contributed by atoms with Gasteiger partial charge in [0.1, 0.15) is 0 Å². The quantitative estimate of drug-likeness (QED) is 0.0857. The minimum Gasteiger partial charge on any atom is -0.262 e. The van der Waals surface area contributed by atoms with Gasteiger partial charge in [-0.05, 0) is 187 Å². The van der Waals surface area contributed by atoms with Crippen molar-refractivity contribution in [2.45, 2.75) is 0 Å². The monoisotopic (exact) mass is 1470 g/mol. The summed E-state index contributed by atoms with van der Waals surface area (Å²) in [6, 6.07) is 118. The zero-order chi connectivity index (χ0) is 77.2. The first-order valence-electron chi connectivity index (χ1n) is 38.6. The van der Waals surface area contributed by atoms with Gasteiger partial charge in [-0.15, -0.1) is 0 Å². The fourth-order valence-electron chi connectivity index (χ4n) is 18.9. The van der Waals surface area contributed by atoms with Crippen LogP contribution in [0, 0.1) is 31.0 Å². The molecule has 0 bridgehead atoms. The van der Waals surface area contributed by atoms with Gasteiger partial charge in [-0.3, -0.25) is 34.5 Å². The number of benzene rings is 21. The number of pyridine rings is 4. The van der Waals surface area contributed by atoms with Gasteiger partial charge >= 0.3 is 0 Å². The Morgan fingerprint density at radius 3 is 0.845 bits per heavy atom. The van der Waals surface area contributed by atoms with E-state index in [1.165, 1.54) is 156 Å². The van der Waals surface area contributed by atoms with Crippen LogP contribution >= 0.6 is 0 Å². The van der Waals surface area contributed by atoms with Gasteiger partial charge in [-0.25, -0.2) is 0 Å². The lowest BCUT2D eigenvalue weighted by molar-refractivity contribution is 1.43. The lowest BCUT2D eigenvalue weighted by Gasteiger charge is -2.16. The second-order valence-corrected chi connectivity index (χ2v) is 29.5. The Morgan fingerprint density at radius 1 is 0.190 bits per heavy atom. The van der Waals surface area contributed by atoms with Gasteiger partial charge in [-0.1, -0.05) is 297 Å². The van der Waals surface area contributed by atoms with E-state index in [0.29, 0.717) is 10.8 Å². The highest BCUT2D eigenvalue weighted by Gasteiger charge is 2.25. The van der Waals surface area contributed by atoms with Crippen LogP contribution in [0.5, 0.6) is 0 Å². The minimum absolute atomic E-state index is 0.0642. The molecule has 0 N–H and O–H groups in total. The van der Waals surface area contributed by atoms with Crippen LogP contribution < -0.4 is 0 Å². The maximum Gasteiger partial charge on any atom is 0.202 e. The Morgan fingerprint density at radius 2 is 0.440 bits per heavy atom. The number of hydrogen-bond donors (Lipinski definition) is 0. The molecule has 0 spiro atoms. The van der Waals surface area contributed by atoms with Crippen molar-refractivity contribution in [1.29, 1.82) is 5.26 Å². The van der Waals surface area contributed by atoms with E-state index < -0.39 is 0 Å². The third-order valence-corrected chi connectivity index (χ3v) is 23.7. The zero-order valence-electron chi connectivity index (χ0n) is 62.1. The van der Waals surface area contributed by atoms with E-state index in [9.17, 15) is 5.26 Å². The maximum atomic E-state index is 9.92. The molecule has 116 heavy (non-hydrogen) atoms. The first-order valence-corrected chi connectivity index (χ1v) is 38.6. The van der Waals surface area contributed by atoms with E-state index in [0.717, 1.165) is 59.8 Å². The van der Waals surface area contributed by atoms with Gasteiger partial charge in [0, 0.05) is 73.3 Å². The summed E-state index contributed by atoms with van der Waals surface area (Å²) in [4.78, 5) is 29.8. The predicted octanol–water partition coefficient (Wildman–Crippen LogP) is 30.1. The fraction of sp³-hybridized carbons (Fsp3) is 0. The zero-order valence-corrected chi connectivity index (χ0v) is 62.1. The molecule has 8 nitrogen and oxygen atoms in total. The van der Waals surface area contributed by atoms with Crippen LogP contribution in [-0.4, -0.2) is 19.9 Å². The molecule has 4 aromatic heterocycles. The highest BCUT2D eigenvalue weighted by molar-refractivity contribution is 6.42. The van der Waals surface area contributed by atoms with Crippen LogP contribution in [0.25, 0.3) is 241 Å². The Labute approximate surface area is 662 Å². The van der Waals surface area contributed by atoms with E-state index >= 15 is 0 Å². The minimum atomic E-state index is -0.0652. The van der Waals surface area contributed by atoms with Crippen LogP contribution in [0.2, 0.25) is 0 Å². The number of fused-ring (bicyclic) bond motifs is 42. The molecule has 0 aliphatic heterocycles. The van der Waals surface area contributed by atoms with E-state index in [4.69, 9.17) is 39.7 Å². The molecule has 0 radical (unpaired) electrons. The average molecular weight is 1470 g/mol. The Kier molecular flexibility index (Phi) is 15.3. The molecule has 4 heterocycles. The number of nitrogens with zero attached hydrogens (tertiary/aromatic N) is 8. The molecular formula is C108H58N8. The summed E-state index contributed by atoms with van der Waals surface area (Å²) in [6.07, 6.45) is 7.49. The van der Waals surface area contributed by atoms with Gasteiger partial charge in [0.25, 0.3) is 0 Å². The molecule has 0 unspecified atom stereocenters. The number of rotatable bonds is 0. The van der Waals surface area contributed by atoms with Gasteiger partial charge in [0.15, 0.2) is 5.69 Å². The van der Waals surface area contributed by atoms with Crippen molar-refractivity contribution in [3.63, 3.8) is 0 Å². The molecule has 25 aromatic rings. The number of nitriles is 1. The standard InChI is InChI=1S/C29H11N5.C29H17N.2C25H15N/c1-31-27-23-14-20-18-11-10-16-7-4-5-8-17(16)25(18)26-19(9-6-12-34-26)21(20)13-22(23)24(15-30)28(32-2)29(27)33-3;1-2-9-19-18(8-1)15-16-24-26-22-12-5-3-10-20(22)21-11-4-6-13-23(21)27(26)25-14-7-17-30-29(25)28(19)24;1-3-8-18-16(6-1)11-13-20-21-14-12-17-7-2-4-9-19(17)24(21)25-22(23(18)20)10-5-15-26-25;1-3-8-18-16(6-1)11-13-20-21-10-5-15-26-25(21)24-19-9-4-2-7-17(19)12-14-22(24)23(18)20/h4-14H;1-17H;2*1-15H. The largest absolute Gasteiger partial charge is 0.262 e. The lowest BCUT2D eigenvalue weighted by atomic mass is 9.87. The first-order chi connectivity index (χ1) is 57.5. The van der Waals surface area contributed by atoms with Gasteiger partial charge in [-0.2, -0.15) is 5.26 Å². The maximum absolute atomic E-state index is 9.92. The van der Waals surface area contributed by atoms with Crippen LogP contribution in [0.15, 0.2) is 352 Å². The first kappa shape index (κ1) is 66.6. The summed E-state index contributed by atoms with van der Waals surface area (Å²) in [5.41, 5.74) is 4.21. The Hall–Kier alpha value is -16.4. The van der Waals surface area contributed by atoms with Crippen LogP contribution in [0.3, 0.4) is 0 Å². The van der Waals surface area contributed by atoms with Crippen LogP contribution in [0.4, 0.5) is 17.1 Å². The van der Waals surface area contributed by atoms with Crippen molar-refractivity contribution in [1.82, 2.24) is 19.9 Å². The Bertz CT molecular complexity index is 8650. The molecule has 21 aromatic carbocycles. The molecule has 0 saturated carbocycles. The van der Waals surface area contributed by atoms with E-state index in [1.54, 1.807) is 6.20 Å². The highest BCUT2D eigenvalue weighted by Crippen LogP contribution is 2.52. The molecule has 8 heteroatoms. The normalized spacial score (nSPS) is 11.6. The van der Waals surface area contributed by atoms with Crippen molar-refractivity contribution >= 4 is 244 Å². The van der Waals surface area contributed by atoms with Crippen molar-refractivity contribution in [3.8, 4) is 6.07 Å². The van der Waals surface area contributed by atoms with E-state index in [2.05, 4.69) is 300 Å². The molecule has 0 saturated heterocycles. The fourth-order valence-corrected chi connectivity index (χ4v) is 18.9. The number of aromatic nitrogens is 4. The molecular weight excluding hydrogens is 1410 g/mol. The molecule has 0 amide bonds. The van der Waals surface area contributed by atoms with Crippen LogP contribution in [0.1, 0.15) is 5.56 Å². The number of hydrogen-bond acceptors (Lipinski definition) is 5. The lowest BCUT2D eigenvalue weighted by Crippen LogP contribution is -1.90. The van der Waals surface area contributed by atoms with Gasteiger partial charge < -0.3 is 0 Å². The van der Waals surface area contributed by atoms with Gasteiger partial charge in [0.05, 0.1) is 53.4 Å². The van der Waals surface area contributed by atoms with Crippen molar-refractivity contribution in [3.05, 3.63) is 392 Å². The topological polar surface area (TPSA) is 88.4 Å². The second-order valence-electron chi connectivity index (χ2n) is 29.5. The molecule has 0 atom stereocenters. The van der Waals surface area contributed by atoms with E-state index in [-0.39, 0.29) is 22.6 Å². The third-order valence-electron chi connectivity index (χ3n) is 23.7. The van der Waals surface area contributed by atoms with Crippen molar-refractivity contribution in [2.24, 2.45) is 0 Å². The summed E-state index contributed by atoms with van der Waals surface area (Å²) < 4.78 is 0. The molecule has 0 aliphatic carbocycles. The Balaban J connectivity index is 0.0000000943. The van der Waals surface area contributed by atoms with Crippen LogP contribution in [-0.2, 0) is 0 Å². The SMILES string of the molecule is [C-]#[N+]c1c([N+]#[C-])c([N+]#[C-])c2cc3c(cc2c1C#N)c1cccnc1c1c2ccccc2ccc31.c1ccc2c(c1)ccc1c2c2ncccc2c2c3ccccc3c3ccccc3c12.c1ccc2c(c1)ccc1c3ccc4ccccc4c3c3ncccc3c21.c1ccc2c(c1)ccc1c3cccnc3c3c4ccccc4ccc3c21. The van der Waals surface area contributed by atoms with E-state index in [1.807, 2.05) is 67.1 Å². The molecule has 0 fully saturated rings. The summed E-state index contributed by atoms with van der Waals surface area (Å²) in [6.45, 7) is 22.9. The van der Waals surface area contributed by atoms with Crippen molar-refractivity contribution in [2.75, 3.05) is 0 Å². The molecule has 25 rings (SSSR count). The third kappa shape index (κ3) is 10.0. The summed E-state index contributed by atoms with van der Waals surface area (Å²) in [7, 11) is 0. The molecule has 530 valence electrons. The second kappa shape index (κ2) is 26.7.